The van der Waals surface area contributed by atoms with E-state index in [1.165, 1.54) is 12.0 Å². The molecular formula is C15H24N4O. The first kappa shape index (κ1) is 13.8. The molecule has 0 atom stereocenters. The topological polar surface area (TPSA) is 52.2 Å². The molecule has 1 aromatic rings. The van der Waals surface area contributed by atoms with E-state index in [-0.39, 0.29) is 5.56 Å². The molecule has 0 spiro atoms. The van der Waals surface area contributed by atoms with Crippen molar-refractivity contribution >= 4 is 0 Å². The van der Waals surface area contributed by atoms with Gasteiger partial charge in [0.05, 0.1) is 5.69 Å². The van der Waals surface area contributed by atoms with Crippen LogP contribution in [0.5, 0.6) is 0 Å². The normalized spacial score (nSPS) is 20.9. The van der Waals surface area contributed by atoms with Gasteiger partial charge in [0.1, 0.15) is 0 Å². The van der Waals surface area contributed by atoms with E-state index in [1.54, 1.807) is 0 Å². The summed E-state index contributed by atoms with van der Waals surface area (Å²) in [5.41, 5.74) is 3.40. The minimum Gasteiger partial charge on any atom is -0.304 e. The molecular weight excluding hydrogens is 252 g/mol. The van der Waals surface area contributed by atoms with Gasteiger partial charge in [-0.25, -0.2) is 5.10 Å². The van der Waals surface area contributed by atoms with Gasteiger partial charge in [0.2, 0.25) is 0 Å². The number of nitrogens with zero attached hydrogens (tertiary/aromatic N) is 3. The van der Waals surface area contributed by atoms with Gasteiger partial charge in [-0.2, -0.15) is 5.10 Å². The van der Waals surface area contributed by atoms with Crippen LogP contribution in [0.3, 0.4) is 0 Å². The monoisotopic (exact) mass is 276 g/mol. The van der Waals surface area contributed by atoms with Crippen LogP contribution < -0.4 is 5.56 Å². The Hall–Kier alpha value is -1.20. The molecule has 110 valence electrons. The van der Waals surface area contributed by atoms with Gasteiger partial charge in [-0.1, -0.05) is 0 Å². The Kier molecular flexibility index (Phi) is 4.17. The van der Waals surface area contributed by atoms with Crippen LogP contribution in [0.1, 0.15) is 29.7 Å². The lowest BCUT2D eigenvalue weighted by Gasteiger charge is -2.32. The number of fused-ring (bicyclic) bond motifs is 1. The third-order valence-corrected chi connectivity index (χ3v) is 4.64. The maximum atomic E-state index is 11.8. The fourth-order valence-corrected chi connectivity index (χ4v) is 3.27. The first-order chi connectivity index (χ1) is 9.74. The summed E-state index contributed by atoms with van der Waals surface area (Å²) in [5, 5.41) is 7.01. The summed E-state index contributed by atoms with van der Waals surface area (Å²) in [4.78, 5) is 16.7. The molecule has 0 aromatic carbocycles. The van der Waals surface area contributed by atoms with Crippen molar-refractivity contribution in [2.24, 2.45) is 0 Å². The van der Waals surface area contributed by atoms with Gasteiger partial charge in [0, 0.05) is 44.7 Å². The lowest BCUT2D eigenvalue weighted by molar-refractivity contribution is 0.155. The first-order valence-electron chi connectivity index (χ1n) is 7.74. The number of piperazine rings is 1. The van der Waals surface area contributed by atoms with Crippen LogP contribution in [-0.2, 0) is 19.3 Å². The Morgan fingerprint density at radius 3 is 2.55 bits per heavy atom. The van der Waals surface area contributed by atoms with E-state index in [2.05, 4.69) is 27.0 Å². The number of likely N-dealkylation sites (N-methyl/N-ethyl adjacent to an activating group) is 1. The standard InChI is InChI=1S/C15H24N4O/c1-18-8-10-19(11-9-18)7-6-14-12-4-2-3-5-13(12)15(20)17-16-14/h2-11H2,1H3,(H,17,20). The summed E-state index contributed by atoms with van der Waals surface area (Å²) in [5.74, 6) is 0. The van der Waals surface area contributed by atoms with E-state index in [0.717, 1.165) is 69.7 Å². The first-order valence-corrected chi connectivity index (χ1v) is 7.74. The lowest BCUT2D eigenvalue weighted by Crippen LogP contribution is -2.45. The molecule has 1 aliphatic carbocycles. The van der Waals surface area contributed by atoms with E-state index in [9.17, 15) is 4.79 Å². The van der Waals surface area contributed by atoms with Crippen molar-refractivity contribution in [1.82, 2.24) is 20.0 Å². The van der Waals surface area contributed by atoms with Crippen LogP contribution >= 0.6 is 0 Å². The SMILES string of the molecule is CN1CCN(CCc2n[nH]c(=O)c3c2CCCC3)CC1. The highest BCUT2D eigenvalue weighted by atomic mass is 16.1. The molecule has 5 heteroatoms. The molecule has 2 aliphatic rings. The Balaban J connectivity index is 1.67. The van der Waals surface area contributed by atoms with Gasteiger partial charge in [0.25, 0.3) is 5.56 Å². The summed E-state index contributed by atoms with van der Waals surface area (Å²) in [6, 6.07) is 0. The Morgan fingerprint density at radius 2 is 1.80 bits per heavy atom. The fourth-order valence-electron chi connectivity index (χ4n) is 3.27. The van der Waals surface area contributed by atoms with Gasteiger partial charge in [-0.05, 0) is 38.3 Å². The van der Waals surface area contributed by atoms with Crippen LogP contribution in [0, 0.1) is 0 Å². The van der Waals surface area contributed by atoms with E-state index in [4.69, 9.17) is 0 Å². The van der Waals surface area contributed by atoms with E-state index in [1.807, 2.05) is 0 Å². The number of rotatable bonds is 3. The third kappa shape index (κ3) is 2.94. The van der Waals surface area contributed by atoms with Gasteiger partial charge in [-0.15, -0.1) is 0 Å². The molecule has 0 radical (unpaired) electrons. The van der Waals surface area contributed by atoms with E-state index >= 15 is 0 Å². The molecule has 1 N–H and O–H groups in total. The molecule has 0 bridgehead atoms. The van der Waals surface area contributed by atoms with Gasteiger partial charge in [0.15, 0.2) is 0 Å². The molecule has 3 rings (SSSR count). The summed E-state index contributed by atoms with van der Waals surface area (Å²) in [6.45, 7) is 5.64. The van der Waals surface area contributed by atoms with Crippen molar-refractivity contribution in [3.05, 3.63) is 27.2 Å². The number of aromatic nitrogens is 2. The second-order valence-electron chi connectivity index (χ2n) is 6.06. The molecule has 1 saturated heterocycles. The van der Waals surface area contributed by atoms with Crippen molar-refractivity contribution in [3.8, 4) is 0 Å². The zero-order valence-corrected chi connectivity index (χ0v) is 12.3. The highest BCUT2D eigenvalue weighted by Gasteiger charge is 2.19. The molecule has 2 heterocycles. The van der Waals surface area contributed by atoms with Crippen molar-refractivity contribution < 1.29 is 0 Å². The summed E-state index contributed by atoms with van der Waals surface area (Å²) in [6.07, 6.45) is 5.25. The van der Waals surface area contributed by atoms with Crippen molar-refractivity contribution in [2.75, 3.05) is 39.8 Å². The second kappa shape index (κ2) is 6.06. The zero-order chi connectivity index (χ0) is 13.9. The van der Waals surface area contributed by atoms with E-state index < -0.39 is 0 Å². The fraction of sp³-hybridized carbons (Fsp3) is 0.733. The van der Waals surface area contributed by atoms with Crippen molar-refractivity contribution in [2.45, 2.75) is 32.1 Å². The number of hydrogen-bond acceptors (Lipinski definition) is 4. The Morgan fingerprint density at radius 1 is 1.10 bits per heavy atom. The minimum atomic E-state index is 0.0306. The Labute approximate surface area is 120 Å². The van der Waals surface area contributed by atoms with Gasteiger partial charge < -0.3 is 9.80 Å². The number of nitrogens with one attached hydrogen (secondary N) is 1. The molecule has 0 unspecified atom stereocenters. The number of H-pyrrole nitrogens is 1. The van der Waals surface area contributed by atoms with Gasteiger partial charge in [-0.3, -0.25) is 4.79 Å². The van der Waals surface area contributed by atoms with Gasteiger partial charge >= 0.3 is 0 Å². The third-order valence-electron chi connectivity index (χ3n) is 4.64. The molecule has 1 aliphatic heterocycles. The Bertz CT molecular complexity index is 517. The van der Waals surface area contributed by atoms with Crippen LogP contribution in [0.25, 0.3) is 0 Å². The second-order valence-corrected chi connectivity index (χ2v) is 6.06. The summed E-state index contributed by atoms with van der Waals surface area (Å²) < 4.78 is 0. The quantitative estimate of drug-likeness (QED) is 0.870. The van der Waals surface area contributed by atoms with Crippen LogP contribution in [-0.4, -0.2) is 59.8 Å². The zero-order valence-electron chi connectivity index (χ0n) is 12.3. The van der Waals surface area contributed by atoms with Crippen molar-refractivity contribution in [1.29, 1.82) is 0 Å². The van der Waals surface area contributed by atoms with E-state index in [0.29, 0.717) is 0 Å². The molecule has 0 amide bonds. The summed E-state index contributed by atoms with van der Waals surface area (Å²) >= 11 is 0. The van der Waals surface area contributed by atoms with Crippen LogP contribution in [0.15, 0.2) is 4.79 Å². The average Bonchev–Trinajstić information content (AvgIpc) is 2.49. The molecule has 1 aromatic heterocycles. The largest absolute Gasteiger partial charge is 0.304 e. The van der Waals surface area contributed by atoms with Crippen molar-refractivity contribution in [3.63, 3.8) is 0 Å². The predicted octanol–water partition coefficient (Wildman–Crippen LogP) is 0.439. The maximum Gasteiger partial charge on any atom is 0.267 e. The molecule has 5 nitrogen and oxygen atoms in total. The highest BCUT2D eigenvalue weighted by Crippen LogP contribution is 2.20. The average molecular weight is 276 g/mol. The summed E-state index contributed by atoms with van der Waals surface area (Å²) in [7, 11) is 2.18. The van der Waals surface area contributed by atoms with Crippen LogP contribution in [0.2, 0.25) is 0 Å². The van der Waals surface area contributed by atoms with Crippen LogP contribution in [0.4, 0.5) is 0 Å². The minimum absolute atomic E-state index is 0.0306. The molecule has 1 fully saturated rings. The maximum absolute atomic E-state index is 11.8. The highest BCUT2D eigenvalue weighted by molar-refractivity contribution is 5.30. The lowest BCUT2D eigenvalue weighted by atomic mass is 9.91. The smallest absolute Gasteiger partial charge is 0.267 e. The number of aromatic amines is 1. The molecule has 0 saturated carbocycles. The number of hydrogen-bond donors (Lipinski definition) is 1. The predicted molar refractivity (Wildman–Crippen MR) is 79.1 cm³/mol. The molecule has 20 heavy (non-hydrogen) atoms.